The van der Waals surface area contributed by atoms with E-state index in [9.17, 15) is 10.2 Å². The van der Waals surface area contributed by atoms with Crippen LogP contribution in [0.1, 0.15) is 53.7 Å². The van der Waals surface area contributed by atoms with Crippen molar-refractivity contribution in [3.05, 3.63) is 52.6 Å². The molecule has 31 heavy (non-hydrogen) atoms. The van der Waals surface area contributed by atoms with Crippen molar-refractivity contribution in [3.63, 3.8) is 0 Å². The SMILES string of the molecule is Cc1cc2c(cc1C)[C@H](O)CC1(CCN(C[C@@H](O)c3ccc4c(c3)OCCO4)CC1)O2. The minimum absolute atomic E-state index is 0.327. The summed E-state index contributed by atoms with van der Waals surface area (Å²) in [5.74, 6) is 2.27. The van der Waals surface area contributed by atoms with E-state index in [-0.39, 0.29) is 5.60 Å². The second-order valence-corrected chi connectivity index (χ2v) is 9.20. The number of ether oxygens (including phenoxy) is 3. The molecule has 1 saturated heterocycles. The number of β-amino-alcohol motifs (C(OH)–C–C–N with tert-alkyl or cyclic N) is 1. The highest BCUT2D eigenvalue weighted by atomic mass is 16.6. The predicted octanol–water partition coefficient (Wildman–Crippen LogP) is 3.46. The molecule has 0 amide bonds. The summed E-state index contributed by atoms with van der Waals surface area (Å²) in [5.41, 5.74) is 3.79. The van der Waals surface area contributed by atoms with E-state index in [4.69, 9.17) is 14.2 Å². The van der Waals surface area contributed by atoms with Crippen molar-refractivity contribution < 1.29 is 24.4 Å². The van der Waals surface area contributed by atoms with Crippen molar-refractivity contribution in [1.82, 2.24) is 4.90 Å². The highest BCUT2D eigenvalue weighted by Gasteiger charge is 2.43. The van der Waals surface area contributed by atoms with Crippen molar-refractivity contribution in [2.24, 2.45) is 0 Å². The van der Waals surface area contributed by atoms with Crippen molar-refractivity contribution in [2.45, 2.75) is 50.9 Å². The van der Waals surface area contributed by atoms with Crippen LogP contribution in [-0.4, -0.2) is 53.6 Å². The van der Waals surface area contributed by atoms with Crippen molar-refractivity contribution in [2.75, 3.05) is 32.8 Å². The molecule has 6 nitrogen and oxygen atoms in total. The molecular weight excluding hydrogens is 394 g/mol. The van der Waals surface area contributed by atoms with Gasteiger partial charge in [0, 0.05) is 31.6 Å². The molecule has 1 spiro atoms. The van der Waals surface area contributed by atoms with Crippen molar-refractivity contribution in [3.8, 4) is 17.2 Å². The highest BCUT2D eigenvalue weighted by Crippen LogP contribution is 2.45. The van der Waals surface area contributed by atoms with Crippen LogP contribution in [0.15, 0.2) is 30.3 Å². The Morgan fingerprint density at radius 2 is 1.71 bits per heavy atom. The fraction of sp³-hybridized carbons (Fsp3) is 0.520. The summed E-state index contributed by atoms with van der Waals surface area (Å²) in [7, 11) is 0. The summed E-state index contributed by atoms with van der Waals surface area (Å²) in [5, 5.41) is 21.6. The molecule has 5 rings (SSSR count). The van der Waals surface area contributed by atoms with Gasteiger partial charge in [-0.05, 0) is 67.6 Å². The standard InChI is InChI=1S/C25H31NO5/c1-16-11-19-20(27)14-25(31-23(19)12-17(16)2)5-7-26(8-6-25)15-21(28)18-3-4-22-24(13-18)30-10-9-29-22/h3-4,11-13,20-21,27-28H,5-10,14-15H2,1-2H3/t20-,21-/m1/s1. The average molecular weight is 426 g/mol. The lowest BCUT2D eigenvalue weighted by Crippen LogP contribution is -2.51. The Bertz CT molecular complexity index is 967. The van der Waals surface area contributed by atoms with Gasteiger partial charge in [0.25, 0.3) is 0 Å². The van der Waals surface area contributed by atoms with Gasteiger partial charge in [0.15, 0.2) is 11.5 Å². The zero-order chi connectivity index (χ0) is 21.6. The quantitative estimate of drug-likeness (QED) is 0.785. The van der Waals surface area contributed by atoms with Crippen LogP contribution in [0.3, 0.4) is 0 Å². The van der Waals surface area contributed by atoms with Gasteiger partial charge < -0.3 is 29.3 Å². The molecule has 0 radical (unpaired) electrons. The average Bonchev–Trinajstić information content (AvgIpc) is 2.77. The van der Waals surface area contributed by atoms with E-state index >= 15 is 0 Å². The van der Waals surface area contributed by atoms with Gasteiger partial charge in [0.1, 0.15) is 24.6 Å². The van der Waals surface area contributed by atoms with E-state index in [0.29, 0.717) is 31.9 Å². The van der Waals surface area contributed by atoms with Gasteiger partial charge >= 0.3 is 0 Å². The molecule has 2 aromatic carbocycles. The van der Waals surface area contributed by atoms with Crippen LogP contribution in [-0.2, 0) is 0 Å². The van der Waals surface area contributed by atoms with Crippen LogP contribution in [0.2, 0.25) is 0 Å². The number of nitrogens with zero attached hydrogens (tertiary/aromatic N) is 1. The van der Waals surface area contributed by atoms with Gasteiger partial charge in [0.05, 0.1) is 12.2 Å². The molecule has 6 heteroatoms. The molecule has 0 saturated carbocycles. The van der Waals surface area contributed by atoms with Crippen LogP contribution < -0.4 is 14.2 Å². The Balaban J connectivity index is 1.23. The Morgan fingerprint density at radius 1 is 1.00 bits per heavy atom. The molecular formula is C25H31NO5. The summed E-state index contributed by atoms with van der Waals surface area (Å²) in [6.45, 7) is 7.46. The number of aryl methyl sites for hydroxylation is 2. The number of aliphatic hydroxyl groups is 2. The third-order valence-electron chi connectivity index (χ3n) is 7.03. The number of hydrogen-bond acceptors (Lipinski definition) is 6. The fourth-order valence-corrected chi connectivity index (χ4v) is 4.96. The van der Waals surface area contributed by atoms with Gasteiger partial charge in [-0.1, -0.05) is 6.07 Å². The summed E-state index contributed by atoms with van der Waals surface area (Å²) in [4.78, 5) is 2.28. The zero-order valence-electron chi connectivity index (χ0n) is 18.3. The largest absolute Gasteiger partial charge is 0.487 e. The smallest absolute Gasteiger partial charge is 0.161 e. The number of rotatable bonds is 3. The van der Waals surface area contributed by atoms with Crippen LogP contribution in [0.4, 0.5) is 0 Å². The van der Waals surface area contributed by atoms with Crippen molar-refractivity contribution >= 4 is 0 Å². The Kier molecular flexibility index (Phi) is 5.32. The van der Waals surface area contributed by atoms with Crippen LogP contribution in [0.5, 0.6) is 17.2 Å². The van der Waals surface area contributed by atoms with Gasteiger partial charge in [-0.2, -0.15) is 0 Å². The van der Waals surface area contributed by atoms with E-state index in [1.807, 2.05) is 18.2 Å². The second-order valence-electron chi connectivity index (χ2n) is 9.20. The number of likely N-dealkylation sites (tertiary alicyclic amines) is 1. The molecule has 1 fully saturated rings. The summed E-state index contributed by atoms with van der Waals surface area (Å²) in [6, 6.07) is 9.78. The monoisotopic (exact) mass is 425 g/mol. The van der Waals surface area contributed by atoms with E-state index < -0.39 is 12.2 Å². The molecule has 2 N–H and O–H groups in total. The maximum atomic E-state index is 10.8. The van der Waals surface area contributed by atoms with Gasteiger partial charge in [-0.3, -0.25) is 0 Å². The molecule has 3 aliphatic rings. The second kappa shape index (κ2) is 8.01. The number of aliphatic hydroxyl groups excluding tert-OH is 2. The summed E-state index contributed by atoms with van der Waals surface area (Å²) >= 11 is 0. The first-order valence-electron chi connectivity index (χ1n) is 11.2. The third kappa shape index (κ3) is 4.00. The number of benzene rings is 2. The van der Waals surface area contributed by atoms with Gasteiger partial charge in [-0.25, -0.2) is 0 Å². The molecule has 0 aromatic heterocycles. The van der Waals surface area contributed by atoms with Crippen molar-refractivity contribution in [1.29, 1.82) is 0 Å². The topological polar surface area (TPSA) is 71.4 Å². The molecule has 2 aromatic rings. The normalized spacial score (nSPS) is 23.2. The zero-order valence-corrected chi connectivity index (χ0v) is 18.3. The number of fused-ring (bicyclic) bond motifs is 2. The highest BCUT2D eigenvalue weighted by molar-refractivity contribution is 5.45. The van der Waals surface area contributed by atoms with Crippen LogP contribution in [0, 0.1) is 13.8 Å². The lowest BCUT2D eigenvalue weighted by Gasteiger charge is -2.46. The number of piperidine rings is 1. The number of hydrogen-bond donors (Lipinski definition) is 2. The Morgan fingerprint density at radius 3 is 2.48 bits per heavy atom. The van der Waals surface area contributed by atoms with Crippen LogP contribution in [0.25, 0.3) is 0 Å². The first kappa shape index (κ1) is 20.6. The minimum Gasteiger partial charge on any atom is -0.487 e. The molecule has 3 heterocycles. The predicted molar refractivity (Wildman–Crippen MR) is 117 cm³/mol. The molecule has 166 valence electrons. The Labute approximate surface area is 183 Å². The lowest BCUT2D eigenvalue weighted by atomic mass is 9.81. The van der Waals surface area contributed by atoms with E-state index in [2.05, 4.69) is 30.9 Å². The first-order chi connectivity index (χ1) is 14.9. The van der Waals surface area contributed by atoms with E-state index in [1.165, 1.54) is 11.1 Å². The van der Waals surface area contributed by atoms with Crippen LogP contribution >= 0.6 is 0 Å². The van der Waals surface area contributed by atoms with E-state index in [1.54, 1.807) is 0 Å². The lowest BCUT2D eigenvalue weighted by molar-refractivity contribution is -0.0588. The summed E-state index contributed by atoms with van der Waals surface area (Å²) in [6.07, 6.45) is 1.22. The first-order valence-corrected chi connectivity index (χ1v) is 11.2. The molecule has 0 aliphatic carbocycles. The molecule has 2 atom stereocenters. The fourth-order valence-electron chi connectivity index (χ4n) is 4.96. The maximum absolute atomic E-state index is 10.8. The van der Waals surface area contributed by atoms with Gasteiger partial charge in [0.2, 0.25) is 0 Å². The van der Waals surface area contributed by atoms with Gasteiger partial charge in [-0.15, -0.1) is 0 Å². The third-order valence-corrected chi connectivity index (χ3v) is 7.03. The minimum atomic E-state index is -0.589. The molecule has 0 bridgehead atoms. The molecule has 3 aliphatic heterocycles. The van der Waals surface area contributed by atoms with E-state index in [0.717, 1.165) is 48.6 Å². The molecule has 0 unspecified atom stereocenters. The maximum Gasteiger partial charge on any atom is 0.161 e. The Hall–Kier alpha value is -2.28. The summed E-state index contributed by atoms with van der Waals surface area (Å²) < 4.78 is 17.7.